The maximum absolute atomic E-state index is 12.0. The molecule has 0 radical (unpaired) electrons. The molecule has 0 fully saturated rings. The fraction of sp³-hybridized carbons (Fsp3) is 0.0625. The Hall–Kier alpha value is -2.40. The second-order valence-electron chi connectivity index (χ2n) is 4.71. The fourth-order valence-electron chi connectivity index (χ4n) is 1.83. The Morgan fingerprint density at radius 2 is 1.92 bits per heavy atom. The lowest BCUT2D eigenvalue weighted by molar-refractivity contribution is -0.119. The van der Waals surface area contributed by atoms with Crippen molar-refractivity contribution in [3.63, 3.8) is 0 Å². The van der Waals surface area contributed by atoms with Crippen LogP contribution in [0.2, 0.25) is 0 Å². The molecule has 25 heavy (non-hydrogen) atoms. The van der Waals surface area contributed by atoms with E-state index in [1.165, 1.54) is 11.3 Å². The van der Waals surface area contributed by atoms with Gasteiger partial charge in [0.25, 0.3) is 5.91 Å². The smallest absolute Gasteiger partial charge is 0.358 e. The van der Waals surface area contributed by atoms with E-state index in [2.05, 4.69) is 42.9 Å². The number of nitrogens with one attached hydrogen (secondary N) is 1. The number of esters is 1. The standard InChI is InChI=1S/C16H11IN4O3S/c17-10-4-1-2-5-11(10)20-13(22)8-24-16(23)12-9-25-15(21-12)14-18-6-3-7-19-14/h1-7,9H,8H2,(H,20,22). The summed E-state index contributed by atoms with van der Waals surface area (Å²) in [6, 6.07) is 9.01. The lowest BCUT2D eigenvalue weighted by Gasteiger charge is -2.07. The monoisotopic (exact) mass is 466 g/mol. The number of nitrogens with zero attached hydrogens (tertiary/aromatic N) is 3. The van der Waals surface area contributed by atoms with Crippen molar-refractivity contribution in [3.05, 3.63) is 57.4 Å². The van der Waals surface area contributed by atoms with Gasteiger partial charge < -0.3 is 10.1 Å². The molecule has 3 aromatic rings. The van der Waals surface area contributed by atoms with Crippen molar-refractivity contribution < 1.29 is 14.3 Å². The Kier molecular flexibility index (Phi) is 5.66. The highest BCUT2D eigenvalue weighted by molar-refractivity contribution is 14.1. The predicted molar refractivity (Wildman–Crippen MR) is 101 cm³/mol. The van der Waals surface area contributed by atoms with Gasteiger partial charge in [-0.05, 0) is 40.8 Å². The molecule has 2 aromatic heterocycles. The Morgan fingerprint density at radius 3 is 2.68 bits per heavy atom. The van der Waals surface area contributed by atoms with Crippen LogP contribution in [0.15, 0.2) is 48.1 Å². The Labute approximate surface area is 160 Å². The van der Waals surface area contributed by atoms with E-state index in [4.69, 9.17) is 4.74 Å². The van der Waals surface area contributed by atoms with Crippen LogP contribution in [0.25, 0.3) is 10.8 Å². The van der Waals surface area contributed by atoms with E-state index in [0.29, 0.717) is 16.5 Å². The largest absolute Gasteiger partial charge is 0.451 e. The first-order valence-corrected chi connectivity index (χ1v) is 9.04. The first-order chi connectivity index (χ1) is 12.1. The molecule has 1 amide bonds. The molecular weight excluding hydrogens is 455 g/mol. The number of para-hydroxylation sites is 1. The Bertz CT molecular complexity index is 901. The van der Waals surface area contributed by atoms with Crippen LogP contribution >= 0.6 is 33.9 Å². The lowest BCUT2D eigenvalue weighted by atomic mass is 10.3. The summed E-state index contributed by atoms with van der Waals surface area (Å²) in [6.45, 7) is -0.390. The molecule has 0 saturated carbocycles. The number of thiazole rings is 1. The van der Waals surface area contributed by atoms with Crippen LogP contribution in [0.1, 0.15) is 10.5 Å². The van der Waals surface area contributed by atoms with Crippen LogP contribution in [0, 0.1) is 3.57 Å². The van der Waals surface area contributed by atoms with Gasteiger partial charge >= 0.3 is 5.97 Å². The number of anilines is 1. The van der Waals surface area contributed by atoms with E-state index >= 15 is 0 Å². The van der Waals surface area contributed by atoms with Gasteiger partial charge in [0.15, 0.2) is 23.1 Å². The number of aromatic nitrogens is 3. The molecule has 126 valence electrons. The molecular formula is C16H11IN4O3S. The fourth-order valence-corrected chi connectivity index (χ4v) is 3.09. The Morgan fingerprint density at radius 1 is 1.16 bits per heavy atom. The highest BCUT2D eigenvalue weighted by Crippen LogP contribution is 2.20. The first kappa shape index (κ1) is 17.4. The third-order valence-electron chi connectivity index (χ3n) is 2.95. The van der Waals surface area contributed by atoms with Gasteiger partial charge in [-0.3, -0.25) is 4.79 Å². The predicted octanol–water partition coefficient (Wildman–Crippen LogP) is 3.00. The van der Waals surface area contributed by atoms with E-state index < -0.39 is 18.5 Å². The minimum atomic E-state index is -0.670. The SMILES string of the molecule is O=C(COC(=O)c1csc(-c2ncccn2)n1)Nc1ccccc1I. The molecule has 0 aliphatic heterocycles. The minimum Gasteiger partial charge on any atom is -0.451 e. The van der Waals surface area contributed by atoms with Crippen molar-refractivity contribution in [2.45, 2.75) is 0 Å². The summed E-state index contributed by atoms with van der Waals surface area (Å²) in [6.07, 6.45) is 3.19. The zero-order valence-corrected chi connectivity index (χ0v) is 15.7. The highest BCUT2D eigenvalue weighted by atomic mass is 127. The molecule has 0 atom stereocenters. The van der Waals surface area contributed by atoms with Crippen LogP contribution in [0.5, 0.6) is 0 Å². The Balaban J connectivity index is 1.57. The number of carbonyl (C=O) groups excluding carboxylic acids is 2. The van der Waals surface area contributed by atoms with Crippen LogP contribution in [0.4, 0.5) is 5.69 Å². The molecule has 3 rings (SSSR count). The number of rotatable bonds is 5. The van der Waals surface area contributed by atoms with Crippen molar-refractivity contribution in [2.24, 2.45) is 0 Å². The van der Waals surface area contributed by atoms with Crippen LogP contribution in [0.3, 0.4) is 0 Å². The van der Waals surface area contributed by atoms with E-state index in [0.717, 1.165) is 3.57 Å². The number of amides is 1. The molecule has 9 heteroatoms. The number of hydrogen-bond donors (Lipinski definition) is 1. The molecule has 1 aromatic carbocycles. The van der Waals surface area contributed by atoms with Crippen molar-refractivity contribution in [2.75, 3.05) is 11.9 Å². The maximum atomic E-state index is 12.0. The first-order valence-electron chi connectivity index (χ1n) is 7.08. The molecule has 0 aliphatic rings. The van der Waals surface area contributed by atoms with E-state index in [9.17, 15) is 9.59 Å². The molecule has 0 spiro atoms. The third-order valence-corrected chi connectivity index (χ3v) is 4.73. The van der Waals surface area contributed by atoms with Gasteiger partial charge in [0.2, 0.25) is 0 Å². The van der Waals surface area contributed by atoms with Crippen molar-refractivity contribution in [1.29, 1.82) is 0 Å². The maximum Gasteiger partial charge on any atom is 0.358 e. The normalized spacial score (nSPS) is 10.3. The summed E-state index contributed by atoms with van der Waals surface area (Å²) in [5.74, 6) is -0.654. The van der Waals surface area contributed by atoms with Crippen molar-refractivity contribution in [1.82, 2.24) is 15.0 Å². The quantitative estimate of drug-likeness (QED) is 0.459. The number of benzene rings is 1. The summed E-state index contributed by atoms with van der Waals surface area (Å²) in [5.41, 5.74) is 0.788. The number of ether oxygens (including phenoxy) is 1. The summed E-state index contributed by atoms with van der Waals surface area (Å²) in [5, 5.41) is 4.74. The topological polar surface area (TPSA) is 94.1 Å². The van der Waals surface area contributed by atoms with Crippen molar-refractivity contribution >= 4 is 51.5 Å². The van der Waals surface area contributed by atoms with E-state index in [1.54, 1.807) is 29.9 Å². The zero-order valence-electron chi connectivity index (χ0n) is 12.7. The zero-order chi connectivity index (χ0) is 17.6. The van der Waals surface area contributed by atoms with Crippen LogP contribution in [-0.2, 0) is 9.53 Å². The molecule has 0 aliphatic carbocycles. The summed E-state index contributed by atoms with van der Waals surface area (Å²) >= 11 is 3.34. The summed E-state index contributed by atoms with van der Waals surface area (Å²) < 4.78 is 5.90. The van der Waals surface area contributed by atoms with Gasteiger partial charge in [-0.1, -0.05) is 12.1 Å². The van der Waals surface area contributed by atoms with Crippen LogP contribution in [-0.4, -0.2) is 33.4 Å². The second kappa shape index (κ2) is 8.12. The molecule has 7 nitrogen and oxygen atoms in total. The average Bonchev–Trinajstić information content (AvgIpc) is 3.13. The number of hydrogen-bond acceptors (Lipinski definition) is 7. The molecule has 0 unspecified atom stereocenters. The van der Waals surface area contributed by atoms with Gasteiger partial charge in [-0.15, -0.1) is 11.3 Å². The molecule has 2 heterocycles. The second-order valence-corrected chi connectivity index (χ2v) is 6.73. The van der Waals surface area contributed by atoms with Gasteiger partial charge in [-0.2, -0.15) is 0 Å². The van der Waals surface area contributed by atoms with Gasteiger partial charge in [0.05, 0.1) is 5.69 Å². The highest BCUT2D eigenvalue weighted by Gasteiger charge is 2.16. The lowest BCUT2D eigenvalue weighted by Crippen LogP contribution is -2.21. The van der Waals surface area contributed by atoms with Gasteiger partial charge in [0.1, 0.15) is 0 Å². The summed E-state index contributed by atoms with van der Waals surface area (Å²) in [4.78, 5) is 36.2. The molecule has 0 saturated heterocycles. The minimum absolute atomic E-state index is 0.120. The molecule has 0 bridgehead atoms. The number of halogens is 1. The van der Waals surface area contributed by atoms with Crippen molar-refractivity contribution in [3.8, 4) is 10.8 Å². The van der Waals surface area contributed by atoms with Gasteiger partial charge in [0, 0.05) is 21.3 Å². The molecule has 1 N–H and O–H groups in total. The van der Waals surface area contributed by atoms with E-state index in [1.807, 2.05) is 18.2 Å². The van der Waals surface area contributed by atoms with Gasteiger partial charge in [-0.25, -0.2) is 19.7 Å². The number of carbonyl (C=O) groups is 2. The average molecular weight is 466 g/mol. The van der Waals surface area contributed by atoms with Crippen LogP contribution < -0.4 is 5.32 Å². The summed E-state index contributed by atoms with van der Waals surface area (Å²) in [7, 11) is 0. The third kappa shape index (κ3) is 4.57. The van der Waals surface area contributed by atoms with E-state index in [-0.39, 0.29) is 5.69 Å².